The molecule has 1 saturated heterocycles. The maximum absolute atomic E-state index is 13.9. The molecule has 4 N–H and O–H groups in total. The van der Waals surface area contributed by atoms with Crippen LogP contribution in [0.2, 0.25) is 5.02 Å². The molecule has 1 atom stereocenters. The third-order valence-electron chi connectivity index (χ3n) is 5.05. The zero-order chi connectivity index (χ0) is 24.1. The topological polar surface area (TPSA) is 121 Å². The lowest BCUT2D eigenvalue weighted by Gasteiger charge is -2.15. The lowest BCUT2D eigenvalue weighted by molar-refractivity contribution is 0.102. The van der Waals surface area contributed by atoms with Gasteiger partial charge < -0.3 is 21.3 Å². The molecule has 3 heterocycles. The number of hydrogen-bond donors (Lipinski definition) is 4. The van der Waals surface area contributed by atoms with E-state index in [9.17, 15) is 18.4 Å². The smallest absolute Gasteiger partial charge is 0.275 e. The number of pyridine rings is 1. The molecule has 2 amide bonds. The van der Waals surface area contributed by atoms with Crippen molar-refractivity contribution in [2.45, 2.75) is 12.5 Å². The van der Waals surface area contributed by atoms with Crippen molar-refractivity contribution in [3.8, 4) is 0 Å². The van der Waals surface area contributed by atoms with Gasteiger partial charge in [0, 0.05) is 18.8 Å². The van der Waals surface area contributed by atoms with Crippen molar-refractivity contribution in [2.24, 2.45) is 0 Å². The van der Waals surface area contributed by atoms with Gasteiger partial charge in [0.25, 0.3) is 11.8 Å². The molecule has 13 heteroatoms. The summed E-state index contributed by atoms with van der Waals surface area (Å²) in [6, 6.07) is 4.31. The van der Waals surface area contributed by atoms with Gasteiger partial charge in [0.15, 0.2) is 11.6 Å². The molecular formula is C22H21Cl2F2N7O2. The molecule has 1 aliphatic rings. The van der Waals surface area contributed by atoms with Gasteiger partial charge in [-0.15, -0.1) is 12.4 Å². The van der Waals surface area contributed by atoms with Crippen molar-refractivity contribution < 1.29 is 18.4 Å². The van der Waals surface area contributed by atoms with Gasteiger partial charge in [-0.1, -0.05) is 11.6 Å². The van der Waals surface area contributed by atoms with E-state index in [-0.39, 0.29) is 41.2 Å². The van der Waals surface area contributed by atoms with E-state index in [1.807, 2.05) is 0 Å². The molecule has 1 fully saturated rings. The minimum Gasteiger partial charge on any atom is -0.320 e. The van der Waals surface area contributed by atoms with E-state index in [1.165, 1.54) is 30.7 Å². The molecule has 1 aliphatic heterocycles. The molecule has 2 aromatic heterocycles. The monoisotopic (exact) mass is 523 g/mol. The highest BCUT2D eigenvalue weighted by Gasteiger charge is 2.21. The minimum absolute atomic E-state index is 0. The summed E-state index contributed by atoms with van der Waals surface area (Å²) in [7, 11) is 0. The molecule has 184 valence electrons. The number of nitrogens with zero attached hydrogens (tertiary/aromatic N) is 3. The van der Waals surface area contributed by atoms with Gasteiger partial charge in [0.2, 0.25) is 0 Å². The maximum Gasteiger partial charge on any atom is 0.275 e. The Kier molecular flexibility index (Phi) is 8.99. The van der Waals surface area contributed by atoms with Crippen molar-refractivity contribution in [3.05, 3.63) is 76.5 Å². The fraction of sp³-hybridized carbons (Fsp3) is 0.227. The van der Waals surface area contributed by atoms with E-state index in [2.05, 4.69) is 36.2 Å². The Morgan fingerprint density at radius 3 is 2.49 bits per heavy atom. The highest BCUT2D eigenvalue weighted by molar-refractivity contribution is 6.30. The number of carbonyl (C=O) groups is 2. The van der Waals surface area contributed by atoms with Crippen LogP contribution in [0, 0.1) is 11.6 Å². The van der Waals surface area contributed by atoms with Crippen LogP contribution in [0.1, 0.15) is 39.0 Å². The Balaban J connectivity index is 0.00000342. The first kappa shape index (κ1) is 26.4. The summed E-state index contributed by atoms with van der Waals surface area (Å²) < 4.78 is 27.8. The number of nitrogens with one attached hydrogen (secondary N) is 4. The number of rotatable bonds is 5. The van der Waals surface area contributed by atoms with Gasteiger partial charge >= 0.3 is 0 Å². The fourth-order valence-electron chi connectivity index (χ4n) is 3.31. The molecular weight excluding hydrogens is 503 g/mol. The molecule has 1 aromatic carbocycles. The van der Waals surface area contributed by atoms with E-state index in [4.69, 9.17) is 11.6 Å². The number of halogens is 4. The maximum atomic E-state index is 13.9. The second-order valence-corrected chi connectivity index (χ2v) is 7.91. The Labute approximate surface area is 210 Å². The van der Waals surface area contributed by atoms with Gasteiger partial charge in [-0.3, -0.25) is 14.6 Å². The van der Waals surface area contributed by atoms with Crippen molar-refractivity contribution in [1.29, 1.82) is 0 Å². The summed E-state index contributed by atoms with van der Waals surface area (Å²) in [5.74, 6) is -3.89. The van der Waals surface area contributed by atoms with E-state index in [0.717, 1.165) is 25.6 Å². The van der Waals surface area contributed by atoms with Gasteiger partial charge in [-0.2, -0.15) is 0 Å². The largest absolute Gasteiger partial charge is 0.320 e. The Morgan fingerprint density at radius 2 is 1.77 bits per heavy atom. The minimum atomic E-state index is -1.25. The summed E-state index contributed by atoms with van der Waals surface area (Å²) in [5, 5.41) is 11.8. The number of aromatic nitrogens is 3. The van der Waals surface area contributed by atoms with Gasteiger partial charge in [-0.25, -0.2) is 18.7 Å². The molecule has 0 aliphatic carbocycles. The van der Waals surface area contributed by atoms with Crippen LogP contribution in [0.3, 0.4) is 0 Å². The van der Waals surface area contributed by atoms with Crippen LogP contribution in [-0.2, 0) is 0 Å². The Hall–Kier alpha value is -3.25. The normalized spacial score (nSPS) is 15.5. The van der Waals surface area contributed by atoms with Gasteiger partial charge in [0.1, 0.15) is 11.5 Å². The zero-order valence-electron chi connectivity index (χ0n) is 18.1. The zero-order valence-corrected chi connectivity index (χ0v) is 19.7. The third kappa shape index (κ3) is 6.67. The van der Waals surface area contributed by atoms with Crippen LogP contribution >= 0.6 is 24.0 Å². The first-order valence-corrected chi connectivity index (χ1v) is 10.8. The average Bonchev–Trinajstić information content (AvgIpc) is 3.12. The SMILES string of the molecule is Cl.O=C(Nc1cc(F)c(F)cc1C(=O)Nc1ccc(Cl)cn1)c1cnc(C2CNCCCN2)cn1. The number of amides is 2. The van der Waals surface area contributed by atoms with Crippen molar-refractivity contribution in [1.82, 2.24) is 25.6 Å². The predicted molar refractivity (Wildman–Crippen MR) is 129 cm³/mol. The standard InChI is InChI=1S/C22H20ClF2N7O2.ClH/c23-12-2-3-20(30-8-12)32-21(33)13-6-14(24)15(25)7-16(13)31-22(34)19-11-28-18(10-29-19)17-9-26-4-1-5-27-17;/h2-3,6-8,10-11,17,26-27H,1,4-5,9H2,(H,31,34)(H,30,32,33);1H. The van der Waals surface area contributed by atoms with Crippen LogP contribution in [-0.4, -0.2) is 46.4 Å². The summed E-state index contributed by atoms with van der Waals surface area (Å²) in [4.78, 5) is 37.8. The first-order chi connectivity index (χ1) is 16.4. The molecule has 4 rings (SSSR count). The summed E-state index contributed by atoms with van der Waals surface area (Å²) in [6.45, 7) is 2.40. The molecule has 0 saturated carbocycles. The highest BCUT2D eigenvalue weighted by Crippen LogP contribution is 2.22. The van der Waals surface area contributed by atoms with Crippen LogP contribution in [0.15, 0.2) is 42.9 Å². The number of carbonyl (C=O) groups excluding carboxylic acids is 2. The quantitative estimate of drug-likeness (QED) is 0.404. The van der Waals surface area contributed by atoms with Crippen LogP contribution in [0.4, 0.5) is 20.3 Å². The fourth-order valence-corrected chi connectivity index (χ4v) is 3.42. The number of anilines is 2. The van der Waals surface area contributed by atoms with E-state index >= 15 is 0 Å². The van der Waals surface area contributed by atoms with Gasteiger partial charge in [-0.05, 0) is 37.7 Å². The summed E-state index contributed by atoms with van der Waals surface area (Å²) in [6.07, 6.45) is 5.07. The van der Waals surface area contributed by atoms with E-state index < -0.39 is 23.4 Å². The molecule has 3 aromatic rings. The average molecular weight is 524 g/mol. The highest BCUT2D eigenvalue weighted by atomic mass is 35.5. The van der Waals surface area contributed by atoms with Crippen molar-refractivity contribution in [2.75, 3.05) is 30.3 Å². The second-order valence-electron chi connectivity index (χ2n) is 7.47. The first-order valence-electron chi connectivity index (χ1n) is 10.4. The van der Waals surface area contributed by atoms with Crippen LogP contribution < -0.4 is 21.3 Å². The summed E-state index contributed by atoms with van der Waals surface area (Å²) >= 11 is 5.77. The van der Waals surface area contributed by atoms with E-state index in [1.54, 1.807) is 0 Å². The molecule has 0 radical (unpaired) electrons. The Bertz CT molecular complexity index is 1190. The third-order valence-corrected chi connectivity index (χ3v) is 5.28. The van der Waals surface area contributed by atoms with Crippen molar-refractivity contribution >= 4 is 47.3 Å². The molecule has 35 heavy (non-hydrogen) atoms. The number of hydrogen-bond acceptors (Lipinski definition) is 7. The van der Waals surface area contributed by atoms with Crippen LogP contribution in [0.25, 0.3) is 0 Å². The molecule has 1 unspecified atom stereocenters. The van der Waals surface area contributed by atoms with Gasteiger partial charge in [0.05, 0.1) is 40.4 Å². The van der Waals surface area contributed by atoms with E-state index in [0.29, 0.717) is 23.3 Å². The lowest BCUT2D eigenvalue weighted by atomic mass is 10.1. The lowest BCUT2D eigenvalue weighted by Crippen LogP contribution is -2.28. The summed E-state index contributed by atoms with van der Waals surface area (Å²) in [5.41, 5.74) is 0.0632. The molecule has 0 spiro atoms. The molecule has 0 bridgehead atoms. The Morgan fingerprint density at radius 1 is 0.971 bits per heavy atom. The van der Waals surface area contributed by atoms with Crippen molar-refractivity contribution in [3.63, 3.8) is 0 Å². The predicted octanol–water partition coefficient (Wildman–Crippen LogP) is 3.35. The number of benzene rings is 1. The second kappa shape index (κ2) is 11.9. The molecule has 9 nitrogen and oxygen atoms in total. The van der Waals surface area contributed by atoms with Crippen LogP contribution in [0.5, 0.6) is 0 Å².